The van der Waals surface area contributed by atoms with Crippen molar-refractivity contribution in [3.8, 4) is 0 Å². The highest BCUT2D eigenvalue weighted by molar-refractivity contribution is 6.33. The predicted molar refractivity (Wildman–Crippen MR) is 105 cm³/mol. The number of halogens is 4. The number of aromatic nitrogens is 2. The van der Waals surface area contributed by atoms with E-state index in [0.717, 1.165) is 12.3 Å². The van der Waals surface area contributed by atoms with Crippen molar-refractivity contribution in [1.29, 1.82) is 0 Å². The summed E-state index contributed by atoms with van der Waals surface area (Å²) in [6.07, 6.45) is -3.68. The first-order chi connectivity index (χ1) is 13.9. The zero-order valence-electron chi connectivity index (χ0n) is 16.7. The lowest BCUT2D eigenvalue weighted by molar-refractivity contribution is -0.137. The molecule has 0 radical (unpaired) electrons. The summed E-state index contributed by atoms with van der Waals surface area (Å²) in [5.41, 5.74) is -1.17. The summed E-state index contributed by atoms with van der Waals surface area (Å²) in [5, 5.41) is 6.22. The van der Waals surface area contributed by atoms with E-state index in [4.69, 9.17) is 20.9 Å². The molecule has 0 aromatic carbocycles. The highest BCUT2D eigenvalue weighted by Gasteiger charge is 2.33. The fourth-order valence-electron chi connectivity index (χ4n) is 3.02. The fraction of sp³-hybridized carbons (Fsp3) is 0.526. The molecule has 11 heteroatoms. The number of carbonyl (C=O) groups excluding carboxylic acids is 1. The molecule has 0 spiro atoms. The number of hydrogen-bond acceptors (Lipinski definition) is 6. The molecule has 1 amide bonds. The number of ether oxygens (including phenoxy) is 1. The molecule has 2 aromatic heterocycles. The third-order valence-electron chi connectivity index (χ3n) is 4.58. The highest BCUT2D eigenvalue weighted by atomic mass is 35.5. The van der Waals surface area contributed by atoms with Gasteiger partial charge in [-0.05, 0) is 18.9 Å². The number of carbonyl (C=O) groups is 1. The zero-order valence-corrected chi connectivity index (χ0v) is 17.5. The van der Waals surface area contributed by atoms with Crippen LogP contribution >= 0.6 is 11.6 Å². The highest BCUT2D eigenvalue weighted by Crippen LogP contribution is 2.34. The summed E-state index contributed by atoms with van der Waals surface area (Å²) in [6.45, 7) is 6.65. The molecule has 2 aromatic rings. The van der Waals surface area contributed by atoms with Crippen molar-refractivity contribution in [3.63, 3.8) is 0 Å². The van der Waals surface area contributed by atoms with Gasteiger partial charge in [0.15, 0.2) is 5.82 Å². The Kier molecular flexibility index (Phi) is 6.16. The molecule has 1 fully saturated rings. The third kappa shape index (κ3) is 5.35. The fourth-order valence-corrected chi connectivity index (χ4v) is 3.30. The van der Waals surface area contributed by atoms with Crippen LogP contribution in [0.5, 0.6) is 0 Å². The van der Waals surface area contributed by atoms with Gasteiger partial charge < -0.3 is 14.2 Å². The SMILES string of the molecule is CC(C)(C)c1cc(NC(=O)O[C@@H]2CCCN(c3ncc(C(F)(F)F)cc3Cl)C2)no1. The van der Waals surface area contributed by atoms with Crippen molar-refractivity contribution in [2.45, 2.75) is 51.3 Å². The topological polar surface area (TPSA) is 80.5 Å². The normalized spacial score (nSPS) is 17.7. The van der Waals surface area contributed by atoms with Crippen LogP contribution in [0.1, 0.15) is 44.9 Å². The van der Waals surface area contributed by atoms with E-state index in [0.29, 0.717) is 25.1 Å². The van der Waals surface area contributed by atoms with Crippen LogP contribution in [0.2, 0.25) is 5.02 Å². The van der Waals surface area contributed by atoms with Gasteiger partial charge in [-0.3, -0.25) is 5.32 Å². The van der Waals surface area contributed by atoms with Gasteiger partial charge in [0.1, 0.15) is 17.7 Å². The Balaban J connectivity index is 1.61. The van der Waals surface area contributed by atoms with Crippen molar-refractivity contribution >= 4 is 29.3 Å². The summed E-state index contributed by atoms with van der Waals surface area (Å²) >= 11 is 6.03. The summed E-state index contributed by atoms with van der Waals surface area (Å²) in [4.78, 5) is 17.8. The second kappa shape index (κ2) is 8.33. The molecule has 164 valence electrons. The molecule has 1 saturated heterocycles. The van der Waals surface area contributed by atoms with Crippen LogP contribution in [-0.4, -0.2) is 35.4 Å². The molecule has 0 unspecified atom stereocenters. The quantitative estimate of drug-likeness (QED) is 0.693. The maximum Gasteiger partial charge on any atom is 0.417 e. The van der Waals surface area contributed by atoms with Crippen LogP contribution in [0.4, 0.5) is 29.6 Å². The number of anilines is 2. The molecule has 1 N–H and O–H groups in total. The number of rotatable bonds is 3. The van der Waals surface area contributed by atoms with Crippen molar-refractivity contribution in [2.24, 2.45) is 0 Å². The van der Waals surface area contributed by atoms with Crippen LogP contribution in [0.15, 0.2) is 22.9 Å². The van der Waals surface area contributed by atoms with Gasteiger partial charge in [-0.15, -0.1) is 0 Å². The maximum atomic E-state index is 12.8. The molecular formula is C19H22ClF3N4O3. The van der Waals surface area contributed by atoms with Gasteiger partial charge in [0.05, 0.1) is 17.1 Å². The summed E-state index contributed by atoms with van der Waals surface area (Å²) in [7, 11) is 0. The molecule has 30 heavy (non-hydrogen) atoms. The molecule has 0 bridgehead atoms. The van der Waals surface area contributed by atoms with Crippen LogP contribution < -0.4 is 10.2 Å². The lowest BCUT2D eigenvalue weighted by Crippen LogP contribution is -2.41. The molecular weight excluding hydrogens is 425 g/mol. The molecule has 0 saturated carbocycles. The first-order valence-corrected chi connectivity index (χ1v) is 9.74. The molecule has 3 rings (SSSR count). The molecule has 3 heterocycles. The Morgan fingerprint density at radius 2 is 2.07 bits per heavy atom. The van der Waals surface area contributed by atoms with Crippen LogP contribution in [0.3, 0.4) is 0 Å². The molecule has 1 aliphatic rings. The van der Waals surface area contributed by atoms with Gasteiger partial charge in [-0.25, -0.2) is 9.78 Å². The average Bonchev–Trinajstić information content (AvgIpc) is 3.09. The number of pyridine rings is 1. The molecule has 1 atom stereocenters. The van der Waals surface area contributed by atoms with E-state index in [1.165, 1.54) is 0 Å². The van der Waals surface area contributed by atoms with Crippen molar-refractivity contribution in [3.05, 3.63) is 34.7 Å². The van der Waals surface area contributed by atoms with E-state index >= 15 is 0 Å². The van der Waals surface area contributed by atoms with Gasteiger partial charge in [-0.1, -0.05) is 37.5 Å². The second-order valence-corrected chi connectivity index (χ2v) is 8.50. The van der Waals surface area contributed by atoms with Crippen LogP contribution in [0, 0.1) is 0 Å². The second-order valence-electron chi connectivity index (χ2n) is 8.09. The lowest BCUT2D eigenvalue weighted by Gasteiger charge is -2.33. The number of piperidine rings is 1. The van der Waals surface area contributed by atoms with Gasteiger partial charge in [0, 0.05) is 24.2 Å². The van der Waals surface area contributed by atoms with Crippen molar-refractivity contribution in [1.82, 2.24) is 10.1 Å². The standard InChI is InChI=1S/C19H22ClF3N4O3/c1-18(2,3)14-8-15(26-30-14)25-17(28)29-12-5-4-6-27(10-12)16-13(20)7-11(9-24-16)19(21,22)23/h7-9,12H,4-6,10H2,1-3H3,(H,25,26,28)/t12-/m1/s1. The first kappa shape index (κ1) is 22.2. The summed E-state index contributed by atoms with van der Waals surface area (Å²) in [5.74, 6) is 1.08. The van der Waals surface area contributed by atoms with Crippen molar-refractivity contribution in [2.75, 3.05) is 23.3 Å². The van der Waals surface area contributed by atoms with E-state index in [-0.39, 0.29) is 28.6 Å². The Bertz CT molecular complexity index is 911. The minimum absolute atomic E-state index is 0.104. The van der Waals surface area contributed by atoms with E-state index in [2.05, 4.69) is 15.5 Å². The van der Waals surface area contributed by atoms with Gasteiger partial charge in [-0.2, -0.15) is 13.2 Å². The van der Waals surface area contributed by atoms with Crippen LogP contribution in [0.25, 0.3) is 0 Å². The Morgan fingerprint density at radius 1 is 1.33 bits per heavy atom. The van der Waals surface area contributed by atoms with E-state index in [1.54, 1.807) is 11.0 Å². The lowest BCUT2D eigenvalue weighted by atomic mass is 9.93. The zero-order chi connectivity index (χ0) is 22.1. The van der Waals surface area contributed by atoms with Gasteiger partial charge >= 0.3 is 12.3 Å². The van der Waals surface area contributed by atoms with E-state index < -0.39 is 23.9 Å². The third-order valence-corrected chi connectivity index (χ3v) is 4.86. The minimum atomic E-state index is -4.52. The Labute approximate surface area is 176 Å². The van der Waals surface area contributed by atoms with Gasteiger partial charge in [0.2, 0.25) is 0 Å². The largest absolute Gasteiger partial charge is 0.444 e. The first-order valence-electron chi connectivity index (χ1n) is 9.36. The molecule has 1 aliphatic heterocycles. The van der Waals surface area contributed by atoms with Crippen molar-refractivity contribution < 1.29 is 27.2 Å². The van der Waals surface area contributed by atoms with E-state index in [9.17, 15) is 18.0 Å². The number of alkyl halides is 3. The number of nitrogens with zero attached hydrogens (tertiary/aromatic N) is 3. The van der Waals surface area contributed by atoms with Gasteiger partial charge in [0.25, 0.3) is 0 Å². The molecule has 7 nitrogen and oxygen atoms in total. The smallest absolute Gasteiger partial charge is 0.417 e. The Hall–Kier alpha value is -2.49. The molecule has 0 aliphatic carbocycles. The van der Waals surface area contributed by atoms with E-state index in [1.807, 2.05) is 20.8 Å². The number of amides is 1. The average molecular weight is 447 g/mol. The monoisotopic (exact) mass is 446 g/mol. The number of hydrogen-bond donors (Lipinski definition) is 1. The summed E-state index contributed by atoms with van der Waals surface area (Å²) in [6, 6.07) is 2.47. The predicted octanol–water partition coefficient (Wildman–Crippen LogP) is 5.26. The summed E-state index contributed by atoms with van der Waals surface area (Å²) < 4.78 is 49.1. The van der Waals surface area contributed by atoms with Crippen LogP contribution in [-0.2, 0) is 16.3 Å². The maximum absolute atomic E-state index is 12.8. The number of nitrogens with one attached hydrogen (secondary N) is 1. The minimum Gasteiger partial charge on any atom is -0.444 e. The Morgan fingerprint density at radius 3 is 2.67 bits per heavy atom.